The van der Waals surface area contributed by atoms with Gasteiger partial charge in [0.15, 0.2) is 0 Å². The lowest BCUT2D eigenvalue weighted by atomic mass is 10.1. The maximum Gasteiger partial charge on any atom is 0.128 e. The van der Waals surface area contributed by atoms with Gasteiger partial charge in [-0.05, 0) is 31.0 Å². The van der Waals surface area contributed by atoms with Crippen LogP contribution < -0.4 is 4.90 Å². The molecule has 0 aliphatic carbocycles. The minimum Gasteiger partial charge on any atom is -0.389 e. The van der Waals surface area contributed by atoms with Crippen LogP contribution >= 0.6 is 0 Å². The summed E-state index contributed by atoms with van der Waals surface area (Å²) in [5.41, 5.74) is 3.37. The number of aliphatic hydroxyl groups is 1. The van der Waals surface area contributed by atoms with E-state index in [1.54, 1.807) is 13.1 Å². The number of aryl methyl sites for hydroxylation is 1. The van der Waals surface area contributed by atoms with Crippen LogP contribution in [0.25, 0.3) is 0 Å². The Balaban J connectivity index is 2.07. The lowest BCUT2D eigenvalue weighted by molar-refractivity contribution is 0.199. The fraction of sp³-hybridized carbons (Fsp3) is 0.312. The van der Waals surface area contributed by atoms with Gasteiger partial charge in [0.1, 0.15) is 5.82 Å². The maximum absolute atomic E-state index is 9.46. The third-order valence-corrected chi connectivity index (χ3v) is 3.18. The molecule has 3 nitrogen and oxygen atoms in total. The van der Waals surface area contributed by atoms with E-state index in [9.17, 15) is 5.11 Å². The van der Waals surface area contributed by atoms with Gasteiger partial charge in [0, 0.05) is 19.8 Å². The van der Waals surface area contributed by atoms with E-state index in [1.807, 2.05) is 19.2 Å². The highest BCUT2D eigenvalue weighted by Crippen LogP contribution is 2.16. The van der Waals surface area contributed by atoms with Gasteiger partial charge in [0.25, 0.3) is 0 Å². The van der Waals surface area contributed by atoms with Crippen molar-refractivity contribution in [2.75, 3.05) is 11.9 Å². The molecule has 3 heteroatoms. The molecule has 19 heavy (non-hydrogen) atoms. The highest BCUT2D eigenvalue weighted by molar-refractivity contribution is 5.40. The lowest BCUT2D eigenvalue weighted by Gasteiger charge is -2.19. The van der Waals surface area contributed by atoms with E-state index < -0.39 is 6.10 Å². The molecule has 1 N–H and O–H groups in total. The van der Waals surface area contributed by atoms with Gasteiger partial charge >= 0.3 is 0 Å². The Morgan fingerprint density at radius 3 is 2.37 bits per heavy atom. The molecule has 0 aliphatic heterocycles. The first kappa shape index (κ1) is 13.6. The summed E-state index contributed by atoms with van der Waals surface area (Å²) in [6.45, 7) is 4.65. The molecular formula is C16H20N2O. The molecule has 0 spiro atoms. The van der Waals surface area contributed by atoms with Gasteiger partial charge in [-0.1, -0.05) is 35.9 Å². The average molecular weight is 256 g/mol. The van der Waals surface area contributed by atoms with Crippen molar-refractivity contribution in [2.24, 2.45) is 0 Å². The van der Waals surface area contributed by atoms with Gasteiger partial charge in [-0.15, -0.1) is 0 Å². The van der Waals surface area contributed by atoms with Crippen molar-refractivity contribution >= 4 is 5.82 Å². The van der Waals surface area contributed by atoms with Gasteiger partial charge in [-0.3, -0.25) is 0 Å². The molecular weight excluding hydrogens is 236 g/mol. The Labute approximate surface area is 114 Å². The summed E-state index contributed by atoms with van der Waals surface area (Å²) in [6.07, 6.45) is 1.26. The zero-order valence-electron chi connectivity index (χ0n) is 11.7. The summed E-state index contributed by atoms with van der Waals surface area (Å²) in [7, 11) is 2.02. The second-order valence-electron chi connectivity index (χ2n) is 4.97. The molecule has 2 aromatic rings. The molecule has 0 saturated heterocycles. The first-order valence-electron chi connectivity index (χ1n) is 6.47. The molecule has 0 bridgehead atoms. The molecule has 1 aromatic carbocycles. The maximum atomic E-state index is 9.46. The van der Waals surface area contributed by atoms with E-state index in [2.05, 4.69) is 41.1 Å². The summed E-state index contributed by atoms with van der Waals surface area (Å²) >= 11 is 0. The van der Waals surface area contributed by atoms with Crippen molar-refractivity contribution in [1.82, 2.24) is 4.98 Å². The number of aliphatic hydroxyl groups excluding tert-OH is 1. The monoisotopic (exact) mass is 256 g/mol. The molecule has 100 valence electrons. The number of hydrogen-bond donors (Lipinski definition) is 1. The zero-order valence-corrected chi connectivity index (χ0v) is 11.7. The standard InChI is InChI=1S/C16H20N2O/c1-12-4-6-14(7-5-12)11-18(3)16-9-8-15(10-17-16)13(2)19/h4-10,13,19H,11H2,1-3H3/t13-/m1/s1. The van der Waals surface area contributed by atoms with Crippen molar-refractivity contribution in [3.05, 3.63) is 59.3 Å². The summed E-state index contributed by atoms with van der Waals surface area (Å²) in [5, 5.41) is 9.46. The van der Waals surface area contributed by atoms with Crippen LogP contribution in [0.4, 0.5) is 5.82 Å². The van der Waals surface area contributed by atoms with Crippen LogP contribution in [0.1, 0.15) is 29.7 Å². The number of nitrogens with zero attached hydrogens (tertiary/aromatic N) is 2. The van der Waals surface area contributed by atoms with Gasteiger partial charge in [0.2, 0.25) is 0 Å². The molecule has 0 saturated carbocycles. The van der Waals surface area contributed by atoms with E-state index in [1.165, 1.54) is 11.1 Å². The molecule has 0 radical (unpaired) electrons. The average Bonchev–Trinajstić information content (AvgIpc) is 2.41. The SMILES string of the molecule is Cc1ccc(CN(C)c2ccc([C@@H](C)O)cn2)cc1. The van der Waals surface area contributed by atoms with Crippen LogP contribution in [0.2, 0.25) is 0 Å². The molecule has 0 unspecified atom stereocenters. The topological polar surface area (TPSA) is 36.4 Å². The van der Waals surface area contributed by atoms with Crippen LogP contribution in [0.5, 0.6) is 0 Å². The van der Waals surface area contributed by atoms with Crippen molar-refractivity contribution in [3.63, 3.8) is 0 Å². The van der Waals surface area contributed by atoms with Gasteiger partial charge in [-0.2, -0.15) is 0 Å². The molecule has 1 atom stereocenters. The first-order chi connectivity index (χ1) is 9.06. The van der Waals surface area contributed by atoms with E-state index in [4.69, 9.17) is 0 Å². The summed E-state index contributed by atoms with van der Waals surface area (Å²) in [5.74, 6) is 0.907. The highest BCUT2D eigenvalue weighted by atomic mass is 16.3. The fourth-order valence-electron chi connectivity index (χ4n) is 1.92. The minimum absolute atomic E-state index is 0.469. The first-order valence-corrected chi connectivity index (χ1v) is 6.47. The predicted molar refractivity (Wildman–Crippen MR) is 78.2 cm³/mol. The highest BCUT2D eigenvalue weighted by Gasteiger charge is 2.05. The molecule has 1 aromatic heterocycles. The summed E-state index contributed by atoms with van der Waals surface area (Å²) in [4.78, 5) is 6.47. The normalized spacial score (nSPS) is 12.2. The number of anilines is 1. The number of benzene rings is 1. The molecule has 0 aliphatic rings. The van der Waals surface area contributed by atoms with Crippen molar-refractivity contribution in [1.29, 1.82) is 0 Å². The molecule has 2 rings (SSSR count). The van der Waals surface area contributed by atoms with Gasteiger partial charge in [0.05, 0.1) is 6.10 Å². The van der Waals surface area contributed by atoms with Crippen LogP contribution in [0.3, 0.4) is 0 Å². The Morgan fingerprint density at radius 1 is 1.16 bits per heavy atom. The summed E-state index contributed by atoms with van der Waals surface area (Å²) < 4.78 is 0. The Morgan fingerprint density at radius 2 is 1.84 bits per heavy atom. The second-order valence-corrected chi connectivity index (χ2v) is 4.97. The predicted octanol–water partition coefficient (Wildman–Crippen LogP) is 3.08. The third-order valence-electron chi connectivity index (χ3n) is 3.18. The smallest absolute Gasteiger partial charge is 0.128 e. The van der Waals surface area contributed by atoms with E-state index in [0.717, 1.165) is 17.9 Å². The van der Waals surface area contributed by atoms with E-state index in [0.29, 0.717) is 0 Å². The third kappa shape index (κ3) is 3.55. The Kier molecular flexibility index (Phi) is 4.17. The number of aromatic nitrogens is 1. The quantitative estimate of drug-likeness (QED) is 0.913. The fourth-order valence-corrected chi connectivity index (χ4v) is 1.92. The second kappa shape index (κ2) is 5.85. The number of hydrogen-bond acceptors (Lipinski definition) is 3. The Bertz CT molecular complexity index is 517. The minimum atomic E-state index is -0.469. The van der Waals surface area contributed by atoms with Crippen LogP contribution in [0.15, 0.2) is 42.6 Å². The van der Waals surface area contributed by atoms with Crippen LogP contribution in [0, 0.1) is 6.92 Å². The van der Waals surface area contributed by atoms with Gasteiger partial charge in [-0.25, -0.2) is 4.98 Å². The number of pyridine rings is 1. The molecule has 1 heterocycles. The largest absolute Gasteiger partial charge is 0.389 e. The van der Waals surface area contributed by atoms with Crippen molar-refractivity contribution in [3.8, 4) is 0 Å². The van der Waals surface area contributed by atoms with Gasteiger partial charge < -0.3 is 10.0 Å². The van der Waals surface area contributed by atoms with Crippen LogP contribution in [-0.4, -0.2) is 17.1 Å². The lowest BCUT2D eigenvalue weighted by Crippen LogP contribution is -2.17. The van der Waals surface area contributed by atoms with Crippen molar-refractivity contribution < 1.29 is 5.11 Å². The van der Waals surface area contributed by atoms with E-state index >= 15 is 0 Å². The molecule has 0 amide bonds. The summed E-state index contributed by atoms with van der Waals surface area (Å²) in [6, 6.07) is 12.4. The molecule has 0 fully saturated rings. The Hall–Kier alpha value is -1.87. The van der Waals surface area contributed by atoms with Crippen LogP contribution in [-0.2, 0) is 6.54 Å². The zero-order chi connectivity index (χ0) is 13.8. The number of rotatable bonds is 4. The van der Waals surface area contributed by atoms with E-state index in [-0.39, 0.29) is 0 Å². The van der Waals surface area contributed by atoms with Crippen molar-refractivity contribution in [2.45, 2.75) is 26.5 Å².